The molecule has 0 atom stereocenters. The van der Waals surface area contributed by atoms with E-state index in [9.17, 15) is 34.1 Å². The summed E-state index contributed by atoms with van der Waals surface area (Å²) in [6, 6.07) is 0. The number of nitro groups is 1. The molecule has 15 heteroatoms. The zero-order chi connectivity index (χ0) is 19.3. The lowest BCUT2D eigenvalue weighted by Crippen LogP contribution is -2.28. The van der Waals surface area contributed by atoms with Crippen molar-refractivity contribution in [3.63, 3.8) is 0 Å². The summed E-state index contributed by atoms with van der Waals surface area (Å²) in [5.41, 5.74) is -5.74. The average Bonchev–Trinajstić information content (AvgIpc) is 2.45. The van der Waals surface area contributed by atoms with Crippen LogP contribution in [0, 0.1) is 14.9 Å². The van der Waals surface area contributed by atoms with E-state index in [1.54, 1.807) is 9.97 Å². The van der Waals surface area contributed by atoms with Gasteiger partial charge in [-0.1, -0.05) is 0 Å². The van der Waals surface area contributed by atoms with Crippen LogP contribution < -0.4 is 16.8 Å². The Bertz CT molecular complexity index is 1080. The van der Waals surface area contributed by atoms with Crippen molar-refractivity contribution < 1.29 is 24.7 Å². The summed E-state index contributed by atoms with van der Waals surface area (Å²) >= 11 is 4.54. The third-order valence-corrected chi connectivity index (χ3v) is 2.58. The number of hydrogen-bond acceptors (Lipinski definition) is 8. The second kappa shape index (κ2) is 7.59. The summed E-state index contributed by atoms with van der Waals surface area (Å²) in [4.78, 5) is 69.6. The lowest BCUT2D eigenvalue weighted by atomic mass is 10.3. The third-order valence-electron chi connectivity index (χ3n) is 2.36. The number of nitrogens with one attached hydrogen (secondary N) is 4. The maximum absolute atomic E-state index is 10.8. The normalized spacial score (nSPS) is 9.60. The van der Waals surface area contributed by atoms with Crippen LogP contribution >= 0.6 is 12.2 Å². The van der Waals surface area contributed by atoms with Crippen LogP contribution in [0.25, 0.3) is 0 Å². The first-order chi connectivity index (χ1) is 11.5. The van der Waals surface area contributed by atoms with E-state index >= 15 is 0 Å². The molecule has 0 unspecified atom stereocenters. The zero-order valence-electron chi connectivity index (χ0n) is 11.7. The number of carboxylic acid groups (broad SMARTS) is 2. The highest BCUT2D eigenvalue weighted by Crippen LogP contribution is 2.06. The molecule has 0 bridgehead atoms. The number of carboxylic acids is 2. The van der Waals surface area contributed by atoms with Gasteiger partial charge in [0.15, 0.2) is 4.77 Å². The molecule has 0 saturated carbocycles. The first kappa shape index (κ1) is 19.2. The number of rotatable bonds is 3. The highest BCUT2D eigenvalue weighted by Gasteiger charge is 2.25. The minimum Gasteiger partial charge on any atom is -0.477 e. The number of aromatic nitrogens is 4. The van der Waals surface area contributed by atoms with Crippen molar-refractivity contribution in [2.24, 2.45) is 0 Å². The highest BCUT2D eigenvalue weighted by molar-refractivity contribution is 7.71. The minimum absolute atomic E-state index is 0.111. The van der Waals surface area contributed by atoms with E-state index in [0.717, 1.165) is 6.20 Å². The van der Waals surface area contributed by atoms with Gasteiger partial charge in [0.1, 0.15) is 5.56 Å². The molecule has 2 rings (SSSR count). The van der Waals surface area contributed by atoms with Crippen LogP contribution in [-0.2, 0) is 0 Å². The average molecular weight is 373 g/mol. The third kappa shape index (κ3) is 4.79. The lowest BCUT2D eigenvalue weighted by molar-refractivity contribution is -0.387. The van der Waals surface area contributed by atoms with Crippen LogP contribution in [0.3, 0.4) is 0 Å². The monoisotopic (exact) mass is 373 g/mol. The van der Waals surface area contributed by atoms with E-state index in [1.807, 2.05) is 0 Å². The first-order valence-corrected chi connectivity index (χ1v) is 6.25. The second-order valence-corrected chi connectivity index (χ2v) is 4.39. The van der Waals surface area contributed by atoms with E-state index < -0.39 is 45.1 Å². The number of carbonyl (C=O) groups is 2. The number of nitrogens with zero attached hydrogens (tertiary/aromatic N) is 1. The molecule has 0 aliphatic carbocycles. The minimum atomic E-state index is -1.75. The van der Waals surface area contributed by atoms with Gasteiger partial charge in [0.05, 0.1) is 4.92 Å². The molecule has 6 N–H and O–H groups in total. The maximum Gasteiger partial charge on any atom is 0.364 e. The Morgan fingerprint density at radius 2 is 1.64 bits per heavy atom. The van der Waals surface area contributed by atoms with E-state index in [1.165, 1.54) is 0 Å². The molecule has 0 radical (unpaired) electrons. The van der Waals surface area contributed by atoms with Gasteiger partial charge < -0.3 is 15.2 Å². The van der Waals surface area contributed by atoms with Crippen molar-refractivity contribution in [1.82, 2.24) is 19.9 Å². The smallest absolute Gasteiger partial charge is 0.364 e. The van der Waals surface area contributed by atoms with E-state index in [-0.39, 0.29) is 10.3 Å². The number of hydrogen-bond donors (Lipinski definition) is 6. The summed E-state index contributed by atoms with van der Waals surface area (Å²) < 4.78 is 0.111. The van der Waals surface area contributed by atoms with Gasteiger partial charge >= 0.3 is 28.9 Å². The fraction of sp³-hybridized carbons (Fsp3) is 0. The Morgan fingerprint density at radius 3 is 2.08 bits per heavy atom. The van der Waals surface area contributed by atoms with E-state index in [4.69, 9.17) is 10.2 Å². The number of H-pyrrole nitrogens is 4. The topological polar surface area (TPSA) is 232 Å². The Balaban J connectivity index is 0.000000257. The fourth-order valence-electron chi connectivity index (χ4n) is 1.38. The van der Waals surface area contributed by atoms with Crippen LogP contribution in [0.15, 0.2) is 20.6 Å². The predicted molar refractivity (Wildman–Crippen MR) is 80.5 cm³/mol. The Labute approximate surface area is 139 Å². The van der Waals surface area contributed by atoms with Crippen LogP contribution in [0.1, 0.15) is 20.8 Å². The van der Waals surface area contributed by atoms with Crippen molar-refractivity contribution in [2.75, 3.05) is 0 Å². The summed E-state index contributed by atoms with van der Waals surface area (Å²) in [5.74, 6) is -3.03. The van der Waals surface area contributed by atoms with Gasteiger partial charge in [-0.2, -0.15) is 0 Å². The number of aromatic amines is 4. The molecular weight excluding hydrogens is 366 g/mol. The molecule has 2 aromatic heterocycles. The predicted octanol–water partition coefficient (Wildman–Crippen LogP) is -1.20. The number of aromatic carboxylic acids is 2. The molecule has 25 heavy (non-hydrogen) atoms. The van der Waals surface area contributed by atoms with Gasteiger partial charge in [-0.25, -0.2) is 14.4 Å². The first-order valence-electron chi connectivity index (χ1n) is 5.84. The molecule has 132 valence electrons. The van der Waals surface area contributed by atoms with Gasteiger partial charge in [-0.05, 0) is 12.2 Å². The quantitative estimate of drug-likeness (QED) is 0.213. The Morgan fingerprint density at radius 1 is 1.04 bits per heavy atom. The Hall–Kier alpha value is -3.88. The van der Waals surface area contributed by atoms with Gasteiger partial charge in [-0.3, -0.25) is 34.7 Å². The fourth-order valence-corrected chi connectivity index (χ4v) is 1.53. The van der Waals surface area contributed by atoms with Crippen molar-refractivity contribution in [3.8, 4) is 0 Å². The zero-order valence-corrected chi connectivity index (χ0v) is 12.5. The second-order valence-electron chi connectivity index (χ2n) is 3.98. The maximum atomic E-state index is 10.8. The molecule has 0 aromatic carbocycles. The largest absolute Gasteiger partial charge is 0.477 e. The van der Waals surface area contributed by atoms with Gasteiger partial charge in [0.25, 0.3) is 5.56 Å². The summed E-state index contributed by atoms with van der Waals surface area (Å²) in [6.07, 6.45) is 1.06. The van der Waals surface area contributed by atoms with Gasteiger partial charge in [0.2, 0.25) is 5.69 Å². The molecular formula is C10H7N5O9S. The highest BCUT2D eigenvalue weighted by atomic mass is 32.1. The SMILES string of the molecule is O=C(O)c1[nH]c(=O)[nH]c(=O)c1[N+](=O)[O-].O=C(O)c1c[nH]c(=S)[nH]c1=O. The molecule has 0 spiro atoms. The van der Waals surface area contributed by atoms with Crippen molar-refractivity contribution in [2.45, 2.75) is 0 Å². The molecule has 0 aliphatic rings. The van der Waals surface area contributed by atoms with Gasteiger partial charge in [-0.15, -0.1) is 0 Å². The van der Waals surface area contributed by atoms with E-state index in [2.05, 4.69) is 22.2 Å². The summed E-state index contributed by atoms with van der Waals surface area (Å²) in [7, 11) is 0. The molecule has 2 heterocycles. The van der Waals surface area contributed by atoms with E-state index in [0.29, 0.717) is 0 Å². The molecule has 0 aliphatic heterocycles. The molecule has 0 amide bonds. The van der Waals surface area contributed by atoms with Gasteiger partial charge in [0, 0.05) is 6.20 Å². The van der Waals surface area contributed by atoms with Crippen LogP contribution in [0.5, 0.6) is 0 Å². The van der Waals surface area contributed by atoms with Crippen LogP contribution in [-0.4, -0.2) is 47.0 Å². The Kier molecular flexibility index (Phi) is 5.82. The van der Waals surface area contributed by atoms with Crippen molar-refractivity contribution >= 4 is 29.8 Å². The van der Waals surface area contributed by atoms with Crippen molar-refractivity contribution in [3.05, 3.63) is 63.5 Å². The van der Waals surface area contributed by atoms with Crippen LogP contribution in [0.4, 0.5) is 5.69 Å². The lowest BCUT2D eigenvalue weighted by Gasteiger charge is -1.94. The standard InChI is InChI=1S/C5H3N3O6.C5H4N2O3S/c9-3-2(8(13)14)1(4(10)11)6-5(12)7-3;8-3-2(4(9)10)1-6-5(11)7-3/h(H,10,11)(H2,6,7,9,12);1H,(H,9,10)(H2,6,7,8,11). The van der Waals surface area contributed by atoms with Crippen LogP contribution in [0.2, 0.25) is 0 Å². The summed E-state index contributed by atoms with van der Waals surface area (Å²) in [5, 5.41) is 27.1. The molecule has 0 saturated heterocycles. The molecule has 2 aromatic rings. The summed E-state index contributed by atoms with van der Waals surface area (Å²) in [6.45, 7) is 0. The van der Waals surface area contributed by atoms with Crippen molar-refractivity contribution in [1.29, 1.82) is 0 Å². The molecule has 0 fully saturated rings. The molecule has 14 nitrogen and oxygen atoms in total.